The molecule has 0 N–H and O–H groups in total. The fraction of sp³-hybridized carbons (Fsp3) is 0.476. The molecule has 0 heterocycles. The monoisotopic (exact) mass is 558 g/mol. The minimum atomic E-state index is 0.187. The summed E-state index contributed by atoms with van der Waals surface area (Å²) in [6, 6.07) is 14.6. The second kappa shape index (κ2) is 14.1. The number of hydrogen-bond acceptors (Lipinski definition) is 0. The van der Waals surface area contributed by atoms with E-state index in [0.717, 1.165) is 12.8 Å². The van der Waals surface area contributed by atoms with E-state index >= 15 is 0 Å². The van der Waals surface area contributed by atoms with E-state index in [1.165, 1.54) is 100 Å². The van der Waals surface area contributed by atoms with Gasteiger partial charge in [-0.2, -0.15) is 0 Å². The lowest BCUT2D eigenvalue weighted by Crippen LogP contribution is -2.27. The third-order valence-electron chi connectivity index (χ3n) is 10.4. The van der Waals surface area contributed by atoms with Crippen LogP contribution in [0.4, 0.5) is 0 Å². The lowest BCUT2D eigenvalue weighted by molar-refractivity contribution is 0.398. The van der Waals surface area contributed by atoms with E-state index in [2.05, 4.69) is 88.9 Å². The smallest absolute Gasteiger partial charge is 0.0212 e. The number of aryl methyl sites for hydroxylation is 4. The number of fused-ring (bicyclic) bond motifs is 3. The van der Waals surface area contributed by atoms with Gasteiger partial charge in [0, 0.05) is 5.41 Å². The van der Waals surface area contributed by atoms with Gasteiger partial charge in [0.1, 0.15) is 0 Å². The van der Waals surface area contributed by atoms with Gasteiger partial charge in [-0.15, -0.1) is 0 Å². The minimum absolute atomic E-state index is 0.187. The molecular formula is C42H54. The number of allylic oxidation sites excluding steroid dienone is 9. The zero-order valence-electron chi connectivity index (χ0n) is 27.1. The lowest BCUT2D eigenvalue weighted by Gasteiger charge is -2.35. The largest absolute Gasteiger partial charge is 0.0991 e. The summed E-state index contributed by atoms with van der Waals surface area (Å²) in [5.41, 5.74) is 17.4. The van der Waals surface area contributed by atoms with Crippen LogP contribution in [-0.4, -0.2) is 0 Å². The molecule has 0 heteroatoms. The molecule has 0 amide bonds. The van der Waals surface area contributed by atoms with Crippen LogP contribution in [0.25, 0.3) is 5.57 Å². The molecule has 0 bridgehead atoms. The normalized spacial score (nSPS) is 19.7. The fourth-order valence-electron chi connectivity index (χ4n) is 7.74. The van der Waals surface area contributed by atoms with Gasteiger partial charge in [0.2, 0.25) is 0 Å². The van der Waals surface area contributed by atoms with Crippen molar-refractivity contribution in [1.29, 1.82) is 0 Å². The average molecular weight is 559 g/mol. The van der Waals surface area contributed by atoms with E-state index in [9.17, 15) is 0 Å². The minimum Gasteiger partial charge on any atom is -0.0991 e. The second-order valence-electron chi connectivity index (χ2n) is 13.6. The number of hydrogen-bond donors (Lipinski definition) is 0. The van der Waals surface area contributed by atoms with E-state index in [-0.39, 0.29) is 5.41 Å². The Bertz CT molecular complexity index is 1400. The topological polar surface area (TPSA) is 0 Å². The molecule has 0 aromatic heterocycles. The van der Waals surface area contributed by atoms with E-state index in [1.54, 1.807) is 44.5 Å². The van der Waals surface area contributed by atoms with Crippen molar-refractivity contribution in [2.24, 2.45) is 0 Å². The molecule has 3 aliphatic carbocycles. The third kappa shape index (κ3) is 6.85. The van der Waals surface area contributed by atoms with E-state index < -0.39 is 0 Å². The van der Waals surface area contributed by atoms with Gasteiger partial charge in [0.25, 0.3) is 0 Å². The van der Waals surface area contributed by atoms with Crippen molar-refractivity contribution >= 4 is 5.57 Å². The predicted molar refractivity (Wildman–Crippen MR) is 184 cm³/mol. The first kappa shape index (κ1) is 30.6. The van der Waals surface area contributed by atoms with Crippen molar-refractivity contribution in [3.8, 4) is 0 Å². The summed E-state index contributed by atoms with van der Waals surface area (Å²) < 4.78 is 0. The van der Waals surface area contributed by atoms with Crippen molar-refractivity contribution < 1.29 is 0 Å². The van der Waals surface area contributed by atoms with Crippen LogP contribution in [0.15, 0.2) is 89.6 Å². The fourth-order valence-corrected chi connectivity index (χ4v) is 7.74. The highest BCUT2D eigenvalue weighted by Crippen LogP contribution is 2.56. The summed E-state index contributed by atoms with van der Waals surface area (Å²) in [5.74, 6) is 0. The van der Waals surface area contributed by atoms with Crippen molar-refractivity contribution in [3.05, 3.63) is 123 Å². The van der Waals surface area contributed by atoms with Gasteiger partial charge >= 0.3 is 0 Å². The molecule has 0 saturated heterocycles. The first-order valence-electron chi connectivity index (χ1n) is 17.1. The Labute approximate surface area is 257 Å². The second-order valence-corrected chi connectivity index (χ2v) is 13.6. The van der Waals surface area contributed by atoms with Gasteiger partial charge in [-0.25, -0.2) is 0 Å². The van der Waals surface area contributed by atoms with Crippen molar-refractivity contribution in [2.45, 2.75) is 129 Å². The quantitative estimate of drug-likeness (QED) is 0.151. The molecule has 0 spiro atoms. The predicted octanol–water partition coefficient (Wildman–Crippen LogP) is 12.1. The molecule has 1 atom stereocenters. The summed E-state index contributed by atoms with van der Waals surface area (Å²) in [4.78, 5) is 0. The van der Waals surface area contributed by atoms with Crippen LogP contribution >= 0.6 is 0 Å². The Hall–Kier alpha value is -2.86. The van der Waals surface area contributed by atoms with E-state index in [0.29, 0.717) is 0 Å². The average Bonchev–Trinajstić information content (AvgIpc) is 3.22. The highest BCUT2D eigenvalue weighted by Gasteiger charge is 2.43. The lowest BCUT2D eigenvalue weighted by atomic mass is 9.68. The van der Waals surface area contributed by atoms with Gasteiger partial charge in [0.05, 0.1) is 0 Å². The van der Waals surface area contributed by atoms with E-state index in [4.69, 9.17) is 0 Å². The molecule has 5 rings (SSSR count). The van der Waals surface area contributed by atoms with Gasteiger partial charge in [-0.3, -0.25) is 0 Å². The van der Waals surface area contributed by atoms with Gasteiger partial charge < -0.3 is 0 Å². The Morgan fingerprint density at radius 1 is 0.857 bits per heavy atom. The van der Waals surface area contributed by atoms with Crippen LogP contribution in [0.5, 0.6) is 0 Å². The van der Waals surface area contributed by atoms with Crippen molar-refractivity contribution in [2.75, 3.05) is 0 Å². The molecule has 3 aliphatic rings. The molecule has 0 nitrogen and oxygen atoms in total. The zero-order chi connectivity index (χ0) is 29.5. The first-order valence-corrected chi connectivity index (χ1v) is 17.1. The number of benzene rings is 2. The Balaban J connectivity index is 1.28. The molecular weight excluding hydrogens is 504 g/mol. The molecule has 222 valence electrons. The molecule has 2 aromatic carbocycles. The Morgan fingerprint density at radius 2 is 1.64 bits per heavy atom. The maximum absolute atomic E-state index is 3.96. The van der Waals surface area contributed by atoms with Crippen LogP contribution in [-0.2, 0) is 24.7 Å². The zero-order valence-corrected chi connectivity index (χ0v) is 27.1. The molecule has 42 heavy (non-hydrogen) atoms. The Kier molecular flexibility index (Phi) is 10.3. The summed E-state index contributed by atoms with van der Waals surface area (Å²) in [5, 5.41) is 0. The molecule has 0 fully saturated rings. The number of rotatable bonds is 15. The SMILES string of the molecule is C=C/C=C(\C=C(/C)CC)CCCCCC1(CCCCCc2ccc3c(c2)CC3)C2=C(CCC(C)=C2)c2ccc(C)cc21. The Morgan fingerprint density at radius 3 is 2.36 bits per heavy atom. The molecule has 2 aromatic rings. The summed E-state index contributed by atoms with van der Waals surface area (Å²) >= 11 is 0. The highest BCUT2D eigenvalue weighted by molar-refractivity contribution is 5.84. The van der Waals surface area contributed by atoms with Gasteiger partial charge in [0.15, 0.2) is 0 Å². The molecule has 1 unspecified atom stereocenters. The van der Waals surface area contributed by atoms with Crippen LogP contribution in [0, 0.1) is 6.92 Å². The van der Waals surface area contributed by atoms with E-state index in [1.807, 2.05) is 6.08 Å². The molecule has 0 aliphatic heterocycles. The summed E-state index contributed by atoms with van der Waals surface area (Å²) in [6.07, 6.45) is 28.0. The third-order valence-corrected chi connectivity index (χ3v) is 10.4. The maximum atomic E-state index is 3.96. The molecule has 0 saturated carbocycles. The standard InChI is InChI=1S/C42H54/c1-6-14-34(27-31(3)7-2)15-10-8-12-25-42(26-13-9-11-16-35-19-20-36-21-22-37(36)30-35)40-28-32(4)17-23-38(40)39-24-18-33(5)29-41(39)42/h6,14,17,19-20,23,27-30H,1,7-13,15-16,18,21-22,24-26H2,2-5H3/b31-27+,34-14-. The molecule has 0 radical (unpaired) electrons. The summed E-state index contributed by atoms with van der Waals surface area (Å²) in [6.45, 7) is 13.1. The van der Waals surface area contributed by atoms with Crippen molar-refractivity contribution in [1.82, 2.24) is 0 Å². The van der Waals surface area contributed by atoms with Gasteiger partial charge in [-0.05, 0) is 136 Å². The maximum Gasteiger partial charge on any atom is 0.0212 e. The van der Waals surface area contributed by atoms with Crippen LogP contribution in [0.1, 0.15) is 131 Å². The highest BCUT2D eigenvalue weighted by atomic mass is 14.5. The van der Waals surface area contributed by atoms with Crippen molar-refractivity contribution in [3.63, 3.8) is 0 Å². The summed E-state index contributed by atoms with van der Waals surface area (Å²) in [7, 11) is 0. The first-order chi connectivity index (χ1) is 20.4. The van der Waals surface area contributed by atoms with Gasteiger partial charge in [-0.1, -0.05) is 117 Å². The van der Waals surface area contributed by atoms with Crippen LogP contribution in [0.2, 0.25) is 0 Å². The van der Waals surface area contributed by atoms with Crippen LogP contribution < -0.4 is 0 Å². The van der Waals surface area contributed by atoms with Crippen LogP contribution in [0.3, 0.4) is 0 Å². The number of unbranched alkanes of at least 4 members (excludes halogenated alkanes) is 4.